The van der Waals surface area contributed by atoms with Gasteiger partial charge in [0.05, 0.1) is 18.1 Å². The van der Waals surface area contributed by atoms with E-state index in [0.29, 0.717) is 16.0 Å². The second-order valence-electron chi connectivity index (χ2n) is 7.01. The number of tetrazole rings is 1. The van der Waals surface area contributed by atoms with Crippen LogP contribution in [0.25, 0.3) is 0 Å². The van der Waals surface area contributed by atoms with Crippen molar-refractivity contribution in [2.24, 2.45) is 12.5 Å². The largest absolute Gasteiger partial charge is 1.00 e. The van der Waals surface area contributed by atoms with Gasteiger partial charge in [-0.1, -0.05) is 11.8 Å². The van der Waals surface area contributed by atoms with E-state index in [9.17, 15) is 19.5 Å². The van der Waals surface area contributed by atoms with Crippen LogP contribution in [0, 0.1) is 5.41 Å². The van der Waals surface area contributed by atoms with Gasteiger partial charge in [0.25, 0.3) is 0 Å². The molecule has 160 valence electrons. The van der Waals surface area contributed by atoms with Crippen LogP contribution in [-0.2, 0) is 27.9 Å². The van der Waals surface area contributed by atoms with Gasteiger partial charge in [-0.25, -0.2) is 9.67 Å². The number of fused-ring (bicyclic) bond motifs is 1. The van der Waals surface area contributed by atoms with Crippen LogP contribution in [0.15, 0.2) is 10.5 Å². The first-order valence-electron chi connectivity index (χ1n) is 8.77. The molecule has 0 aliphatic carbocycles. The molecule has 2 amide bonds. The summed E-state index contributed by atoms with van der Waals surface area (Å²) < 4.78 is 1.45. The minimum Gasteiger partial charge on any atom is -0.549 e. The number of thiazole rings is 1. The third kappa shape index (κ3) is 4.85. The molecule has 0 bridgehead atoms. The van der Waals surface area contributed by atoms with Gasteiger partial charge in [0.15, 0.2) is 5.13 Å². The van der Waals surface area contributed by atoms with Crippen LogP contribution in [0.3, 0.4) is 0 Å². The molecule has 0 radical (unpaired) electrons. The van der Waals surface area contributed by atoms with Gasteiger partial charge in [0.1, 0.15) is 11.4 Å². The van der Waals surface area contributed by atoms with Crippen LogP contribution < -0.4 is 45.7 Å². The number of carboxylic acids is 1. The van der Waals surface area contributed by atoms with Crippen LogP contribution in [0.4, 0.5) is 5.13 Å². The third-order valence-electron chi connectivity index (χ3n) is 4.86. The predicted octanol–water partition coefficient (Wildman–Crippen LogP) is -5.28. The molecule has 31 heavy (non-hydrogen) atoms. The molecule has 2 unspecified atom stereocenters. The Morgan fingerprint density at radius 3 is 2.87 bits per heavy atom. The van der Waals surface area contributed by atoms with Crippen LogP contribution in [-0.4, -0.2) is 77.3 Å². The van der Waals surface area contributed by atoms with E-state index < -0.39 is 17.4 Å². The average Bonchev–Trinajstić information content (AvgIpc) is 3.31. The topological polar surface area (TPSA) is 172 Å². The first kappa shape index (κ1) is 24.3. The number of thioether (sulfide) groups is 2. The molecule has 4 rings (SSSR count). The average molecular weight is 493 g/mol. The number of carboxylic acid groups (broad SMARTS) is 1. The van der Waals surface area contributed by atoms with Gasteiger partial charge in [-0.15, -0.1) is 28.2 Å². The molecule has 12 nitrogen and oxygen atoms in total. The number of amides is 2. The third-order valence-corrected chi connectivity index (χ3v) is 8.48. The molecule has 0 spiro atoms. The van der Waals surface area contributed by atoms with E-state index in [4.69, 9.17) is 5.73 Å². The SMILES string of the molecule is Cn1nnnc1SCC1(C(=O)[O-])CS[C@@H]2C(NC(=O)Cc3csc(N)n3)C(=O)N2C1.[Na+]. The number of carbonyl (C=O) groups excluding carboxylic acids is 3. The summed E-state index contributed by atoms with van der Waals surface area (Å²) >= 11 is 3.76. The summed E-state index contributed by atoms with van der Waals surface area (Å²) in [6.07, 6.45) is 0.0280. The van der Waals surface area contributed by atoms with Gasteiger partial charge < -0.3 is 25.9 Å². The zero-order valence-electron chi connectivity index (χ0n) is 16.7. The first-order valence-corrected chi connectivity index (χ1v) is 11.7. The second-order valence-corrected chi connectivity index (χ2v) is 9.95. The molecule has 2 aromatic heterocycles. The summed E-state index contributed by atoms with van der Waals surface area (Å²) in [4.78, 5) is 42.3. The minimum atomic E-state index is -1.24. The monoisotopic (exact) mass is 492 g/mol. The van der Waals surface area contributed by atoms with E-state index in [1.807, 2.05) is 0 Å². The molecule has 2 aromatic rings. The fraction of sp³-hybridized carbons (Fsp3) is 0.533. The number of aryl methyl sites for hydroxylation is 1. The molecule has 2 aliphatic rings. The number of nitrogens with zero attached hydrogens (tertiary/aromatic N) is 6. The van der Waals surface area contributed by atoms with Gasteiger partial charge in [-0.05, 0) is 10.4 Å². The number of β-lactam (4-membered cyclic amide) rings is 1. The van der Waals surface area contributed by atoms with E-state index in [1.54, 1.807) is 12.4 Å². The summed E-state index contributed by atoms with van der Waals surface area (Å²) in [5, 5.41) is 28.0. The quantitative estimate of drug-likeness (QED) is 0.215. The Bertz CT molecular complexity index is 1000. The number of carbonyl (C=O) groups is 3. The maximum Gasteiger partial charge on any atom is 1.00 e. The molecular weight excluding hydrogens is 475 g/mol. The number of hydrogen-bond donors (Lipinski definition) is 2. The zero-order chi connectivity index (χ0) is 21.5. The Labute approximate surface area is 211 Å². The summed E-state index contributed by atoms with van der Waals surface area (Å²) in [5.41, 5.74) is 4.87. The van der Waals surface area contributed by atoms with Crippen LogP contribution in [0.2, 0.25) is 0 Å². The molecule has 2 saturated heterocycles. The summed E-state index contributed by atoms with van der Waals surface area (Å²) in [5.74, 6) is -1.46. The van der Waals surface area contributed by atoms with Crippen molar-refractivity contribution in [3.05, 3.63) is 11.1 Å². The summed E-state index contributed by atoms with van der Waals surface area (Å²) in [7, 11) is 1.66. The standard InChI is InChI=1S/C15H18N8O4S3.Na/c1-22-14(19-20-21-22)30-6-15(12(26)27)4-23-10(25)9(11(23)29-5-15)18-8(24)2-7-3-28-13(16)17-7;/h3,9,11H,2,4-6H2,1H3,(H2,16,17)(H,18,24)(H,26,27);/q;+1/p-1/t9?,11-,15?;/m1./s1. The van der Waals surface area contributed by atoms with E-state index in [0.717, 1.165) is 0 Å². The summed E-state index contributed by atoms with van der Waals surface area (Å²) in [6.45, 7) is 0.0130. The number of nitrogens with two attached hydrogens (primary N) is 1. The molecule has 0 aromatic carbocycles. The molecule has 2 aliphatic heterocycles. The van der Waals surface area contributed by atoms with Crippen molar-refractivity contribution in [3.8, 4) is 0 Å². The Morgan fingerprint density at radius 2 is 2.26 bits per heavy atom. The molecular formula is C15H17N8NaO4S3. The second kappa shape index (κ2) is 9.62. The molecule has 0 saturated carbocycles. The molecule has 16 heteroatoms. The van der Waals surface area contributed by atoms with E-state index in [1.165, 1.54) is 44.4 Å². The Balaban J connectivity index is 0.00000272. The van der Waals surface area contributed by atoms with Gasteiger partial charge in [-0.2, -0.15) is 0 Å². The van der Waals surface area contributed by atoms with Gasteiger partial charge >= 0.3 is 29.6 Å². The van der Waals surface area contributed by atoms with E-state index >= 15 is 0 Å². The minimum absolute atomic E-state index is 0. The van der Waals surface area contributed by atoms with Crippen molar-refractivity contribution < 1.29 is 49.0 Å². The van der Waals surface area contributed by atoms with E-state index in [2.05, 4.69) is 25.8 Å². The Kier molecular flexibility index (Phi) is 7.53. The molecule has 3 atom stereocenters. The first-order chi connectivity index (χ1) is 14.3. The fourth-order valence-corrected chi connectivity index (χ4v) is 6.50. The van der Waals surface area contributed by atoms with Crippen molar-refractivity contribution >= 4 is 57.8 Å². The normalized spacial score (nSPS) is 24.7. The number of aromatic nitrogens is 5. The van der Waals surface area contributed by atoms with Crippen LogP contribution in [0.5, 0.6) is 0 Å². The van der Waals surface area contributed by atoms with Crippen molar-refractivity contribution in [2.45, 2.75) is 23.0 Å². The number of anilines is 1. The Hall–Kier alpha value is -1.39. The number of hydrogen-bond acceptors (Lipinski definition) is 12. The van der Waals surface area contributed by atoms with Gasteiger partial charge in [-0.3, -0.25) is 9.59 Å². The van der Waals surface area contributed by atoms with Crippen LogP contribution in [0.1, 0.15) is 5.69 Å². The van der Waals surface area contributed by atoms with Crippen molar-refractivity contribution in [2.75, 3.05) is 23.8 Å². The number of nitrogen functional groups attached to an aromatic ring is 1. The van der Waals surface area contributed by atoms with E-state index in [-0.39, 0.29) is 71.2 Å². The molecule has 2 fully saturated rings. The predicted molar refractivity (Wildman–Crippen MR) is 107 cm³/mol. The number of aliphatic carboxylic acids is 1. The fourth-order valence-electron chi connectivity index (χ4n) is 3.24. The van der Waals surface area contributed by atoms with Gasteiger partial charge in [0.2, 0.25) is 17.0 Å². The van der Waals surface area contributed by atoms with Crippen molar-refractivity contribution in [3.63, 3.8) is 0 Å². The maximum absolute atomic E-state index is 12.6. The smallest absolute Gasteiger partial charge is 0.549 e. The van der Waals surface area contributed by atoms with Crippen LogP contribution >= 0.6 is 34.9 Å². The Morgan fingerprint density at radius 1 is 1.48 bits per heavy atom. The van der Waals surface area contributed by atoms with Gasteiger partial charge in [0, 0.05) is 35.9 Å². The zero-order valence-corrected chi connectivity index (χ0v) is 21.1. The molecule has 4 heterocycles. The number of rotatable bonds is 7. The summed E-state index contributed by atoms with van der Waals surface area (Å²) in [6, 6.07) is -0.686. The maximum atomic E-state index is 12.6. The number of nitrogens with one attached hydrogen (secondary N) is 1. The van der Waals surface area contributed by atoms with Crippen molar-refractivity contribution in [1.29, 1.82) is 0 Å². The molecule has 3 N–H and O–H groups in total. The van der Waals surface area contributed by atoms with Crippen molar-refractivity contribution in [1.82, 2.24) is 35.4 Å².